The fraction of sp³-hybridized carbons (Fsp3) is 0.208. The van der Waals surface area contributed by atoms with E-state index in [2.05, 4.69) is 34.3 Å². The van der Waals surface area contributed by atoms with Crippen LogP contribution in [0.4, 0.5) is 0 Å². The lowest BCUT2D eigenvalue weighted by molar-refractivity contribution is 0.0955. The van der Waals surface area contributed by atoms with Gasteiger partial charge in [-0.05, 0) is 42.0 Å². The Morgan fingerprint density at radius 3 is 2.87 bits per heavy atom. The number of nitrogens with zero attached hydrogens (tertiary/aromatic N) is 2. The van der Waals surface area contributed by atoms with Crippen LogP contribution >= 0.6 is 11.8 Å². The molecule has 158 valence electrons. The standard InChI is InChI=1S/C24H24N4O2S/c1-4-30-22-12-10-16-7-5-6-8-18(16)19(22)14-25-28-23(29)17-9-11-20-21(13-17)27-24(26-20)31-15(2)3/h5-15H,4H2,1-3H3,(H,26,27)(H,28,29)/b25-14-. The number of nitrogens with one attached hydrogen (secondary N) is 2. The van der Waals surface area contributed by atoms with Gasteiger partial charge in [0.1, 0.15) is 5.75 Å². The minimum Gasteiger partial charge on any atom is -0.493 e. The Labute approximate surface area is 185 Å². The highest BCUT2D eigenvalue weighted by molar-refractivity contribution is 7.99. The second-order valence-corrected chi connectivity index (χ2v) is 8.84. The number of fused-ring (bicyclic) bond motifs is 2. The van der Waals surface area contributed by atoms with Crippen molar-refractivity contribution >= 4 is 45.7 Å². The average Bonchev–Trinajstić information content (AvgIpc) is 3.15. The number of hydrazone groups is 1. The first kappa shape index (κ1) is 20.9. The zero-order valence-corrected chi connectivity index (χ0v) is 18.5. The van der Waals surface area contributed by atoms with Gasteiger partial charge in [-0.2, -0.15) is 5.10 Å². The molecule has 6 nitrogen and oxygen atoms in total. The first-order chi connectivity index (χ1) is 15.0. The Kier molecular flexibility index (Phi) is 6.23. The lowest BCUT2D eigenvalue weighted by atomic mass is 10.0. The molecule has 4 rings (SSSR count). The molecule has 1 aromatic heterocycles. The summed E-state index contributed by atoms with van der Waals surface area (Å²) in [5, 5.41) is 7.57. The highest BCUT2D eigenvalue weighted by atomic mass is 32.2. The predicted molar refractivity (Wildman–Crippen MR) is 127 cm³/mol. The van der Waals surface area contributed by atoms with Crippen LogP contribution in [0.15, 0.2) is 64.9 Å². The van der Waals surface area contributed by atoms with E-state index in [1.54, 1.807) is 30.1 Å². The van der Waals surface area contributed by atoms with Crippen LogP contribution in [-0.4, -0.2) is 33.9 Å². The Balaban J connectivity index is 1.55. The summed E-state index contributed by atoms with van der Waals surface area (Å²) < 4.78 is 5.75. The molecule has 0 aliphatic carbocycles. The van der Waals surface area contributed by atoms with Gasteiger partial charge in [-0.15, -0.1) is 0 Å². The molecular weight excluding hydrogens is 408 g/mol. The maximum absolute atomic E-state index is 12.6. The molecule has 7 heteroatoms. The van der Waals surface area contributed by atoms with Gasteiger partial charge < -0.3 is 9.72 Å². The molecule has 0 saturated carbocycles. The number of aromatic amines is 1. The van der Waals surface area contributed by atoms with Gasteiger partial charge in [-0.25, -0.2) is 10.4 Å². The molecule has 0 unspecified atom stereocenters. The smallest absolute Gasteiger partial charge is 0.271 e. The first-order valence-electron chi connectivity index (χ1n) is 10.2. The van der Waals surface area contributed by atoms with Gasteiger partial charge in [0.15, 0.2) is 5.16 Å². The third-order valence-corrected chi connectivity index (χ3v) is 5.55. The zero-order chi connectivity index (χ0) is 21.8. The summed E-state index contributed by atoms with van der Waals surface area (Å²) in [5.41, 5.74) is 5.63. The molecule has 3 aromatic carbocycles. The van der Waals surface area contributed by atoms with Crippen molar-refractivity contribution in [3.05, 3.63) is 65.7 Å². The van der Waals surface area contributed by atoms with Gasteiger partial charge in [0.05, 0.1) is 23.9 Å². The van der Waals surface area contributed by atoms with E-state index in [1.165, 1.54) is 0 Å². The van der Waals surface area contributed by atoms with E-state index in [9.17, 15) is 4.79 Å². The van der Waals surface area contributed by atoms with Gasteiger partial charge in [-0.3, -0.25) is 4.79 Å². The topological polar surface area (TPSA) is 79.4 Å². The average molecular weight is 433 g/mol. The molecule has 2 N–H and O–H groups in total. The maximum atomic E-state index is 12.6. The monoisotopic (exact) mass is 432 g/mol. The number of carbonyl (C=O) groups is 1. The SMILES string of the molecule is CCOc1ccc2ccccc2c1/C=N\NC(=O)c1ccc2nc(SC(C)C)[nH]c2c1. The zero-order valence-electron chi connectivity index (χ0n) is 17.7. The molecule has 4 aromatic rings. The van der Waals surface area contributed by atoms with Crippen molar-refractivity contribution < 1.29 is 9.53 Å². The van der Waals surface area contributed by atoms with Crippen LogP contribution in [0.3, 0.4) is 0 Å². The Morgan fingerprint density at radius 1 is 1.23 bits per heavy atom. The number of thioether (sulfide) groups is 1. The van der Waals surface area contributed by atoms with Crippen molar-refractivity contribution in [3.8, 4) is 5.75 Å². The number of hydrogen-bond acceptors (Lipinski definition) is 5. The van der Waals surface area contributed by atoms with Crippen LogP contribution in [0.1, 0.15) is 36.7 Å². The van der Waals surface area contributed by atoms with Crippen molar-refractivity contribution in [2.24, 2.45) is 5.10 Å². The summed E-state index contributed by atoms with van der Waals surface area (Å²) in [7, 11) is 0. The number of amides is 1. The number of aromatic nitrogens is 2. The largest absolute Gasteiger partial charge is 0.493 e. The molecular formula is C24H24N4O2S. The van der Waals surface area contributed by atoms with E-state index in [0.717, 1.165) is 38.3 Å². The molecule has 0 atom stereocenters. The Bertz CT molecular complexity index is 1260. The third kappa shape index (κ3) is 4.72. The molecule has 0 fully saturated rings. The minimum absolute atomic E-state index is 0.288. The van der Waals surface area contributed by atoms with Crippen LogP contribution < -0.4 is 10.2 Å². The van der Waals surface area contributed by atoms with Gasteiger partial charge in [0.25, 0.3) is 5.91 Å². The lowest BCUT2D eigenvalue weighted by Crippen LogP contribution is -2.17. The molecule has 1 amide bonds. The Morgan fingerprint density at radius 2 is 2.06 bits per heavy atom. The van der Waals surface area contributed by atoms with Gasteiger partial charge in [-0.1, -0.05) is 55.9 Å². The highest BCUT2D eigenvalue weighted by Crippen LogP contribution is 2.27. The van der Waals surface area contributed by atoms with Crippen LogP contribution in [-0.2, 0) is 0 Å². The van der Waals surface area contributed by atoms with Crippen LogP contribution in [0.5, 0.6) is 5.75 Å². The summed E-state index contributed by atoms with van der Waals surface area (Å²) in [4.78, 5) is 20.4. The highest BCUT2D eigenvalue weighted by Gasteiger charge is 2.11. The molecule has 31 heavy (non-hydrogen) atoms. The van der Waals surface area contributed by atoms with E-state index in [1.807, 2.05) is 49.4 Å². The van der Waals surface area contributed by atoms with Gasteiger partial charge in [0, 0.05) is 16.4 Å². The van der Waals surface area contributed by atoms with E-state index >= 15 is 0 Å². The number of carbonyl (C=O) groups excluding carboxylic acids is 1. The minimum atomic E-state index is -0.288. The van der Waals surface area contributed by atoms with Crippen molar-refractivity contribution in [3.63, 3.8) is 0 Å². The first-order valence-corrected chi connectivity index (χ1v) is 11.1. The quantitative estimate of drug-likeness (QED) is 0.233. The third-order valence-electron chi connectivity index (χ3n) is 4.66. The number of H-pyrrole nitrogens is 1. The molecule has 1 heterocycles. The van der Waals surface area contributed by atoms with E-state index < -0.39 is 0 Å². The summed E-state index contributed by atoms with van der Waals surface area (Å²) >= 11 is 1.65. The predicted octanol–water partition coefficient (Wildman–Crippen LogP) is 5.38. The summed E-state index contributed by atoms with van der Waals surface area (Å²) in [5.74, 6) is 0.442. The number of ether oxygens (including phenoxy) is 1. The van der Waals surface area contributed by atoms with E-state index in [0.29, 0.717) is 17.4 Å². The van der Waals surface area contributed by atoms with Crippen LogP contribution in [0.2, 0.25) is 0 Å². The van der Waals surface area contributed by atoms with Crippen molar-refractivity contribution in [2.75, 3.05) is 6.61 Å². The number of hydrogen-bond donors (Lipinski definition) is 2. The number of benzene rings is 3. The van der Waals surface area contributed by atoms with Crippen molar-refractivity contribution in [1.82, 2.24) is 15.4 Å². The second kappa shape index (κ2) is 9.22. The molecule has 0 saturated heterocycles. The molecule has 0 aliphatic rings. The Hall–Kier alpha value is -3.32. The lowest BCUT2D eigenvalue weighted by Gasteiger charge is -2.10. The second-order valence-electron chi connectivity index (χ2n) is 7.27. The normalized spacial score (nSPS) is 11.6. The van der Waals surface area contributed by atoms with Gasteiger partial charge >= 0.3 is 0 Å². The number of imidazole rings is 1. The van der Waals surface area contributed by atoms with Crippen LogP contribution in [0.25, 0.3) is 21.8 Å². The van der Waals surface area contributed by atoms with E-state index in [-0.39, 0.29) is 5.91 Å². The molecule has 0 radical (unpaired) electrons. The summed E-state index contributed by atoms with van der Waals surface area (Å²) in [6.07, 6.45) is 1.64. The molecule has 0 aliphatic heterocycles. The molecule has 0 bridgehead atoms. The van der Waals surface area contributed by atoms with E-state index in [4.69, 9.17) is 4.74 Å². The van der Waals surface area contributed by atoms with Crippen molar-refractivity contribution in [2.45, 2.75) is 31.2 Å². The van der Waals surface area contributed by atoms with Crippen molar-refractivity contribution in [1.29, 1.82) is 0 Å². The maximum Gasteiger partial charge on any atom is 0.271 e. The molecule has 0 spiro atoms. The summed E-state index contributed by atoms with van der Waals surface area (Å²) in [6, 6.07) is 17.3. The summed E-state index contributed by atoms with van der Waals surface area (Å²) in [6.45, 7) is 6.71. The van der Waals surface area contributed by atoms with Gasteiger partial charge in [0.2, 0.25) is 0 Å². The number of rotatable bonds is 7. The van der Waals surface area contributed by atoms with Crippen LogP contribution in [0, 0.1) is 0 Å². The fourth-order valence-corrected chi connectivity index (χ4v) is 4.08. The fourth-order valence-electron chi connectivity index (χ4n) is 3.32.